The van der Waals surface area contributed by atoms with Gasteiger partial charge in [0.1, 0.15) is 0 Å². The third-order valence-electron chi connectivity index (χ3n) is 13.9. The highest BCUT2D eigenvalue weighted by Gasteiger charge is 2.25. The van der Waals surface area contributed by atoms with Crippen molar-refractivity contribution >= 4 is 43.6 Å². The molecule has 4 nitrogen and oxygen atoms in total. The molecule has 0 aliphatic carbocycles. The Morgan fingerprint density at radius 3 is 1.33 bits per heavy atom. The Bertz CT molecular complexity index is 4050. The summed E-state index contributed by atoms with van der Waals surface area (Å²) in [7, 11) is 0. The van der Waals surface area contributed by atoms with E-state index in [2.05, 4.69) is 260 Å². The third kappa shape index (κ3) is 7.00. The Labute approximate surface area is 407 Å². The average molecular weight is 895 g/mol. The number of aryl methyl sites for hydroxylation is 2. The zero-order chi connectivity index (χ0) is 46.7. The van der Waals surface area contributed by atoms with E-state index >= 15 is 0 Å². The second kappa shape index (κ2) is 16.9. The zero-order valence-corrected chi connectivity index (χ0v) is 38.9. The van der Waals surface area contributed by atoms with Crippen molar-refractivity contribution in [2.75, 3.05) is 0 Å². The Hall–Kier alpha value is -9.12. The molecule has 13 aromatic rings. The molecule has 330 valence electrons. The summed E-state index contributed by atoms with van der Waals surface area (Å²) in [6, 6.07) is 87.8. The van der Waals surface area contributed by atoms with Crippen molar-refractivity contribution in [1.29, 1.82) is 0 Å². The number of aromatic nitrogens is 4. The van der Waals surface area contributed by atoms with Crippen molar-refractivity contribution in [2.24, 2.45) is 0 Å². The van der Waals surface area contributed by atoms with Gasteiger partial charge in [0.05, 0.1) is 44.8 Å². The van der Waals surface area contributed by atoms with Crippen molar-refractivity contribution < 1.29 is 0 Å². The predicted molar refractivity (Wildman–Crippen MR) is 293 cm³/mol. The minimum Gasteiger partial charge on any atom is -0.309 e. The summed E-state index contributed by atoms with van der Waals surface area (Å²) in [6.45, 7) is 4.28. The Morgan fingerprint density at radius 2 is 0.729 bits per heavy atom. The third-order valence-corrected chi connectivity index (χ3v) is 13.9. The first-order valence-electron chi connectivity index (χ1n) is 24.0. The lowest BCUT2D eigenvalue weighted by Crippen LogP contribution is -2.04. The summed E-state index contributed by atoms with van der Waals surface area (Å²) in [5.74, 6) is 0.675. The second-order valence-corrected chi connectivity index (χ2v) is 18.3. The standard InChI is InChI=1S/C66H46N4/c1-43-28-32-45(33-29-43)49-36-38-62-55(40-49)51-20-9-12-24-59(51)69(62)61-26-14-11-22-54(61)65-53(58-42-57(47-16-5-3-6-17-47)67-66(68-58)48-18-7-4-8-19-48)23-15-27-64(65)70-60-25-13-10-21-52(60)56-41-50(37-39-63(56)70)46-34-30-44(2)31-35-46/h3-42H,1-2H3. The summed E-state index contributed by atoms with van der Waals surface area (Å²) in [4.78, 5) is 10.7. The van der Waals surface area contributed by atoms with Gasteiger partial charge in [-0.1, -0.05) is 199 Å². The summed E-state index contributed by atoms with van der Waals surface area (Å²) in [5.41, 5.74) is 20.8. The van der Waals surface area contributed by atoms with Crippen molar-refractivity contribution in [1.82, 2.24) is 19.1 Å². The molecule has 10 aromatic carbocycles. The van der Waals surface area contributed by atoms with Crippen LogP contribution in [0.2, 0.25) is 0 Å². The maximum absolute atomic E-state index is 5.49. The van der Waals surface area contributed by atoms with Gasteiger partial charge in [-0.05, 0) is 90.7 Å². The van der Waals surface area contributed by atoms with Crippen LogP contribution in [0.4, 0.5) is 0 Å². The van der Waals surface area contributed by atoms with E-state index in [0.29, 0.717) is 5.82 Å². The highest BCUT2D eigenvalue weighted by molar-refractivity contribution is 6.13. The number of rotatable bonds is 8. The van der Waals surface area contributed by atoms with Gasteiger partial charge in [0.25, 0.3) is 0 Å². The molecule has 0 saturated carbocycles. The van der Waals surface area contributed by atoms with E-state index < -0.39 is 0 Å². The Kier molecular flexibility index (Phi) is 9.91. The fourth-order valence-corrected chi connectivity index (χ4v) is 10.5. The van der Waals surface area contributed by atoms with Crippen LogP contribution in [-0.4, -0.2) is 19.1 Å². The molecule has 13 rings (SSSR count). The largest absolute Gasteiger partial charge is 0.309 e. The van der Waals surface area contributed by atoms with Gasteiger partial charge >= 0.3 is 0 Å². The van der Waals surface area contributed by atoms with E-state index in [1.807, 2.05) is 6.07 Å². The topological polar surface area (TPSA) is 35.6 Å². The molecule has 0 aliphatic rings. The average Bonchev–Trinajstić information content (AvgIpc) is 3.93. The molecule has 3 aromatic heterocycles. The lowest BCUT2D eigenvalue weighted by Gasteiger charge is -2.22. The predicted octanol–water partition coefficient (Wildman–Crippen LogP) is 17.3. The number of para-hydroxylation sites is 3. The molecule has 0 radical (unpaired) electrons. The maximum Gasteiger partial charge on any atom is 0.160 e. The highest BCUT2D eigenvalue weighted by atomic mass is 15.0. The molecule has 0 atom stereocenters. The van der Waals surface area contributed by atoms with Crippen molar-refractivity contribution in [3.05, 3.63) is 254 Å². The summed E-state index contributed by atoms with van der Waals surface area (Å²) >= 11 is 0. The first-order chi connectivity index (χ1) is 34.5. The fraction of sp³-hybridized carbons (Fsp3) is 0.0303. The van der Waals surface area contributed by atoms with Crippen LogP contribution in [0.3, 0.4) is 0 Å². The summed E-state index contributed by atoms with van der Waals surface area (Å²) in [6.07, 6.45) is 0. The normalized spacial score (nSPS) is 11.6. The van der Waals surface area contributed by atoms with E-state index in [1.54, 1.807) is 0 Å². The highest BCUT2D eigenvalue weighted by Crippen LogP contribution is 2.46. The molecule has 3 heterocycles. The fourth-order valence-electron chi connectivity index (χ4n) is 10.5. The van der Waals surface area contributed by atoms with Crippen LogP contribution in [-0.2, 0) is 0 Å². The molecule has 4 heteroatoms. The van der Waals surface area contributed by atoms with Crippen LogP contribution in [0.1, 0.15) is 11.1 Å². The number of benzene rings is 10. The molecule has 0 aliphatic heterocycles. The van der Waals surface area contributed by atoms with Crippen LogP contribution >= 0.6 is 0 Å². The number of nitrogens with zero attached hydrogens (tertiary/aromatic N) is 4. The molecule has 0 N–H and O–H groups in total. The molecule has 0 amide bonds. The van der Waals surface area contributed by atoms with Gasteiger partial charge in [-0.15, -0.1) is 0 Å². The smallest absolute Gasteiger partial charge is 0.160 e. The van der Waals surface area contributed by atoms with Crippen LogP contribution < -0.4 is 0 Å². The van der Waals surface area contributed by atoms with Gasteiger partial charge < -0.3 is 9.13 Å². The number of hydrogen-bond acceptors (Lipinski definition) is 2. The van der Waals surface area contributed by atoms with Gasteiger partial charge in [-0.3, -0.25) is 0 Å². The van der Waals surface area contributed by atoms with Crippen LogP contribution in [0.25, 0.3) is 122 Å². The lowest BCUT2D eigenvalue weighted by atomic mass is 9.93. The van der Waals surface area contributed by atoms with E-state index in [1.165, 1.54) is 54.9 Å². The van der Waals surface area contributed by atoms with Crippen LogP contribution in [0.15, 0.2) is 243 Å². The Balaban J connectivity index is 1.12. The molecule has 0 spiro atoms. The quantitative estimate of drug-likeness (QED) is 0.152. The summed E-state index contributed by atoms with van der Waals surface area (Å²) < 4.78 is 4.93. The number of hydrogen-bond donors (Lipinski definition) is 0. The summed E-state index contributed by atoms with van der Waals surface area (Å²) in [5, 5.41) is 4.81. The van der Waals surface area contributed by atoms with Gasteiger partial charge in [0.2, 0.25) is 0 Å². The van der Waals surface area contributed by atoms with E-state index in [9.17, 15) is 0 Å². The lowest BCUT2D eigenvalue weighted by molar-refractivity contribution is 1.15. The van der Waals surface area contributed by atoms with Crippen molar-refractivity contribution in [2.45, 2.75) is 13.8 Å². The Morgan fingerprint density at radius 1 is 0.286 bits per heavy atom. The molecule has 70 heavy (non-hydrogen) atoms. The first-order valence-corrected chi connectivity index (χ1v) is 24.0. The monoisotopic (exact) mass is 894 g/mol. The van der Waals surface area contributed by atoms with Gasteiger partial charge in [0.15, 0.2) is 5.82 Å². The number of fused-ring (bicyclic) bond motifs is 6. The second-order valence-electron chi connectivity index (χ2n) is 18.3. The van der Waals surface area contributed by atoms with E-state index in [4.69, 9.17) is 9.97 Å². The van der Waals surface area contributed by atoms with Gasteiger partial charge in [0, 0.05) is 49.4 Å². The van der Waals surface area contributed by atoms with Crippen LogP contribution in [0.5, 0.6) is 0 Å². The van der Waals surface area contributed by atoms with Crippen LogP contribution in [0, 0.1) is 13.8 Å². The SMILES string of the molecule is Cc1ccc(-c2ccc3c(c2)c2ccccc2n3-c2ccccc2-c2c(-c3cc(-c4ccccc4)nc(-c4ccccc4)n3)cccc2-n2c3ccccc3c3cc(-c4ccc(C)cc4)ccc32)cc1. The zero-order valence-electron chi connectivity index (χ0n) is 38.9. The van der Waals surface area contributed by atoms with Gasteiger partial charge in [-0.25, -0.2) is 9.97 Å². The molecular formula is C66H46N4. The minimum absolute atomic E-state index is 0.675. The molecular weight excluding hydrogens is 849 g/mol. The molecule has 0 unspecified atom stereocenters. The molecule has 0 saturated heterocycles. The van der Waals surface area contributed by atoms with E-state index in [0.717, 1.165) is 72.6 Å². The van der Waals surface area contributed by atoms with Gasteiger partial charge in [-0.2, -0.15) is 0 Å². The molecule has 0 bridgehead atoms. The van der Waals surface area contributed by atoms with E-state index in [-0.39, 0.29) is 0 Å². The maximum atomic E-state index is 5.49. The van der Waals surface area contributed by atoms with Crippen molar-refractivity contribution in [3.63, 3.8) is 0 Å². The first kappa shape index (κ1) is 41.1. The minimum atomic E-state index is 0.675. The molecule has 0 fully saturated rings. The van der Waals surface area contributed by atoms with Crippen molar-refractivity contribution in [3.8, 4) is 78.7 Å².